The number of anilines is 1. The Morgan fingerprint density at radius 2 is 2.25 bits per heavy atom. The van der Waals surface area contributed by atoms with Gasteiger partial charge in [-0.05, 0) is 0 Å². The van der Waals surface area contributed by atoms with Crippen molar-refractivity contribution in [1.82, 2.24) is 9.97 Å². The first-order valence-electron chi connectivity index (χ1n) is 4.62. The molecule has 0 aromatic carbocycles. The molecule has 0 unspecified atom stereocenters. The molecule has 1 saturated heterocycles. The van der Waals surface area contributed by atoms with Gasteiger partial charge in [0.25, 0.3) is 0 Å². The zero-order valence-corrected chi connectivity index (χ0v) is 9.32. The van der Waals surface area contributed by atoms with E-state index in [2.05, 4.69) is 14.7 Å². The smallest absolute Gasteiger partial charge is 0.360 e. The van der Waals surface area contributed by atoms with Gasteiger partial charge in [0.15, 0.2) is 16.7 Å². The van der Waals surface area contributed by atoms with Crippen LogP contribution in [0.3, 0.4) is 0 Å². The third-order valence-corrected chi connectivity index (χ3v) is 2.59. The van der Waals surface area contributed by atoms with Crippen LogP contribution in [0.15, 0.2) is 0 Å². The highest BCUT2D eigenvalue weighted by molar-refractivity contribution is 6.30. The first-order valence-corrected chi connectivity index (χ1v) is 5.00. The maximum absolute atomic E-state index is 11.3. The molecule has 1 aromatic heterocycles. The van der Waals surface area contributed by atoms with E-state index < -0.39 is 5.97 Å². The molecule has 0 spiro atoms. The Balaban J connectivity index is 2.38. The third-order valence-electron chi connectivity index (χ3n) is 2.31. The van der Waals surface area contributed by atoms with Crippen LogP contribution in [-0.4, -0.2) is 36.3 Å². The van der Waals surface area contributed by atoms with Crippen molar-refractivity contribution < 1.29 is 14.3 Å². The molecule has 1 aliphatic heterocycles. The van der Waals surface area contributed by atoms with Gasteiger partial charge in [-0.1, -0.05) is 11.6 Å². The standard InChI is InChI=1S/C9H10ClN3O3/c1-15-9(14)6-8(11)13-5(7(10)12-6)4-2-16-3-4/h4H,2-3H2,1H3,(H2,11,13). The Hall–Kier alpha value is -1.40. The van der Waals surface area contributed by atoms with E-state index in [9.17, 15) is 4.79 Å². The molecule has 0 saturated carbocycles. The number of hydrogen-bond donors (Lipinski definition) is 1. The Kier molecular flexibility index (Phi) is 2.93. The number of esters is 1. The number of hydrogen-bond acceptors (Lipinski definition) is 6. The number of aromatic nitrogens is 2. The number of methoxy groups -OCH3 is 1. The lowest BCUT2D eigenvalue weighted by Crippen LogP contribution is -2.27. The SMILES string of the molecule is COC(=O)c1nc(Cl)c(C2COC2)nc1N. The second-order valence-corrected chi connectivity index (χ2v) is 3.72. The molecule has 0 radical (unpaired) electrons. The van der Waals surface area contributed by atoms with Gasteiger partial charge in [0, 0.05) is 0 Å². The van der Waals surface area contributed by atoms with Gasteiger partial charge in [-0.25, -0.2) is 14.8 Å². The molecule has 1 fully saturated rings. The summed E-state index contributed by atoms with van der Waals surface area (Å²) in [4.78, 5) is 19.2. The van der Waals surface area contributed by atoms with Crippen molar-refractivity contribution in [2.24, 2.45) is 0 Å². The number of nitrogens with two attached hydrogens (primary N) is 1. The van der Waals surface area contributed by atoms with E-state index in [1.54, 1.807) is 0 Å². The minimum absolute atomic E-state index is 0.0261. The zero-order valence-electron chi connectivity index (χ0n) is 8.57. The third kappa shape index (κ3) is 1.81. The first kappa shape index (κ1) is 11.1. The van der Waals surface area contributed by atoms with Crippen molar-refractivity contribution in [3.63, 3.8) is 0 Å². The molecule has 2 heterocycles. The van der Waals surface area contributed by atoms with Crippen molar-refractivity contribution in [1.29, 1.82) is 0 Å². The number of rotatable bonds is 2. The van der Waals surface area contributed by atoms with E-state index >= 15 is 0 Å². The van der Waals surface area contributed by atoms with E-state index in [-0.39, 0.29) is 22.6 Å². The highest BCUT2D eigenvalue weighted by atomic mass is 35.5. The molecule has 0 bridgehead atoms. The average Bonchev–Trinajstić information content (AvgIpc) is 2.19. The molecule has 0 atom stereocenters. The van der Waals surface area contributed by atoms with Gasteiger partial charge >= 0.3 is 5.97 Å². The van der Waals surface area contributed by atoms with Crippen LogP contribution in [0.1, 0.15) is 22.1 Å². The fourth-order valence-electron chi connectivity index (χ4n) is 1.34. The topological polar surface area (TPSA) is 87.3 Å². The minimum atomic E-state index is -0.650. The van der Waals surface area contributed by atoms with Gasteiger partial charge < -0.3 is 15.2 Å². The van der Waals surface area contributed by atoms with E-state index in [1.807, 2.05) is 0 Å². The summed E-state index contributed by atoms with van der Waals surface area (Å²) in [5.41, 5.74) is 6.12. The summed E-state index contributed by atoms with van der Waals surface area (Å²) in [6.07, 6.45) is 0. The summed E-state index contributed by atoms with van der Waals surface area (Å²) < 4.78 is 9.53. The van der Waals surface area contributed by atoms with Crippen LogP contribution in [0.5, 0.6) is 0 Å². The Bertz CT molecular complexity index is 434. The van der Waals surface area contributed by atoms with Gasteiger partial charge in [-0.2, -0.15) is 0 Å². The molecule has 0 amide bonds. The molecule has 7 heteroatoms. The van der Waals surface area contributed by atoms with E-state index in [4.69, 9.17) is 22.1 Å². The van der Waals surface area contributed by atoms with Crippen molar-refractivity contribution in [2.75, 3.05) is 26.1 Å². The molecule has 16 heavy (non-hydrogen) atoms. The fraction of sp³-hybridized carbons (Fsp3) is 0.444. The van der Waals surface area contributed by atoms with Gasteiger partial charge in [-0.3, -0.25) is 0 Å². The number of nitrogen functional groups attached to an aromatic ring is 1. The molecule has 1 aliphatic rings. The first-order chi connectivity index (χ1) is 7.63. The lowest BCUT2D eigenvalue weighted by molar-refractivity contribution is 0.00664. The largest absolute Gasteiger partial charge is 0.464 e. The Morgan fingerprint density at radius 1 is 1.56 bits per heavy atom. The maximum atomic E-state index is 11.3. The van der Waals surface area contributed by atoms with Crippen LogP contribution in [0.4, 0.5) is 5.82 Å². The monoisotopic (exact) mass is 243 g/mol. The van der Waals surface area contributed by atoms with E-state index in [0.717, 1.165) is 0 Å². The number of nitrogens with zero attached hydrogens (tertiary/aromatic N) is 2. The van der Waals surface area contributed by atoms with E-state index in [0.29, 0.717) is 18.9 Å². The predicted molar refractivity (Wildman–Crippen MR) is 56.4 cm³/mol. The van der Waals surface area contributed by atoms with Crippen molar-refractivity contribution in [3.05, 3.63) is 16.5 Å². The maximum Gasteiger partial charge on any atom is 0.360 e. The van der Waals surface area contributed by atoms with Crippen LogP contribution < -0.4 is 5.73 Å². The van der Waals surface area contributed by atoms with Gasteiger partial charge in [0.05, 0.1) is 31.9 Å². The highest BCUT2D eigenvalue weighted by Gasteiger charge is 2.27. The van der Waals surface area contributed by atoms with Gasteiger partial charge in [0.1, 0.15) is 0 Å². The lowest BCUT2D eigenvalue weighted by Gasteiger charge is -2.25. The summed E-state index contributed by atoms with van der Waals surface area (Å²) in [5, 5.41) is 0.169. The summed E-state index contributed by atoms with van der Waals surface area (Å²) in [5.74, 6) is -0.518. The number of carbonyl (C=O) groups is 1. The van der Waals surface area contributed by atoms with Crippen molar-refractivity contribution in [2.45, 2.75) is 5.92 Å². The summed E-state index contributed by atoms with van der Waals surface area (Å²) in [6, 6.07) is 0. The normalized spacial score (nSPS) is 15.6. The Labute approximate surface area is 96.7 Å². The molecule has 0 aliphatic carbocycles. The molecule has 1 aromatic rings. The molecule has 2 N–H and O–H groups in total. The quantitative estimate of drug-likeness (QED) is 0.766. The Morgan fingerprint density at radius 3 is 2.75 bits per heavy atom. The molecular formula is C9H10ClN3O3. The van der Waals surface area contributed by atoms with Crippen LogP contribution >= 0.6 is 11.6 Å². The molecule has 6 nitrogen and oxygen atoms in total. The second kappa shape index (κ2) is 4.23. The minimum Gasteiger partial charge on any atom is -0.464 e. The van der Waals surface area contributed by atoms with Crippen LogP contribution in [0, 0.1) is 0 Å². The summed E-state index contributed by atoms with van der Waals surface area (Å²) >= 11 is 5.92. The number of halogens is 1. The van der Waals surface area contributed by atoms with E-state index in [1.165, 1.54) is 7.11 Å². The molecular weight excluding hydrogens is 234 g/mol. The van der Waals surface area contributed by atoms with Crippen LogP contribution in [0.2, 0.25) is 5.15 Å². The second-order valence-electron chi connectivity index (χ2n) is 3.36. The number of carbonyl (C=O) groups excluding carboxylic acids is 1. The molecule has 86 valence electrons. The highest BCUT2D eigenvalue weighted by Crippen LogP contribution is 2.28. The van der Waals surface area contributed by atoms with Crippen LogP contribution in [-0.2, 0) is 9.47 Å². The number of ether oxygens (including phenoxy) is 2. The van der Waals surface area contributed by atoms with Crippen molar-refractivity contribution in [3.8, 4) is 0 Å². The fourth-order valence-corrected chi connectivity index (χ4v) is 1.62. The molecule has 2 rings (SSSR count). The predicted octanol–water partition coefficient (Wildman–Crippen LogP) is 0.613. The summed E-state index contributed by atoms with van der Waals surface area (Å²) in [6.45, 7) is 1.09. The van der Waals surface area contributed by atoms with Crippen molar-refractivity contribution >= 4 is 23.4 Å². The lowest BCUT2D eigenvalue weighted by atomic mass is 10.0. The zero-order chi connectivity index (χ0) is 11.7. The average molecular weight is 244 g/mol. The van der Waals surface area contributed by atoms with Gasteiger partial charge in [-0.15, -0.1) is 0 Å². The van der Waals surface area contributed by atoms with Crippen LogP contribution in [0.25, 0.3) is 0 Å². The van der Waals surface area contributed by atoms with Gasteiger partial charge in [0.2, 0.25) is 0 Å². The summed E-state index contributed by atoms with van der Waals surface area (Å²) in [7, 11) is 1.24.